The molecule has 4 heteroatoms. The fraction of sp³-hybridized carbons (Fsp3) is 0.333. The van der Waals surface area contributed by atoms with Crippen LogP contribution >= 0.6 is 23.2 Å². The fourth-order valence-electron chi connectivity index (χ4n) is 1.44. The molecule has 0 amide bonds. The molecule has 1 fully saturated rings. The summed E-state index contributed by atoms with van der Waals surface area (Å²) in [6.07, 6.45) is 2.76. The second-order valence-electron chi connectivity index (χ2n) is 3.63. The van der Waals surface area contributed by atoms with Crippen molar-refractivity contribution in [3.63, 3.8) is 0 Å². The normalized spacial score (nSPS) is 20.2. The lowest BCUT2D eigenvalue weighted by molar-refractivity contribution is 0.162. The number of hydrogen-bond donors (Lipinski definition) is 0. The SMILES string of the molecule is C=CCC(Oc1ccc(Cl)c(Cl)c1)C1CO1. The van der Waals surface area contributed by atoms with Gasteiger partial charge in [-0.05, 0) is 12.1 Å². The van der Waals surface area contributed by atoms with Crippen molar-refractivity contribution in [3.05, 3.63) is 40.9 Å². The number of halogens is 2. The summed E-state index contributed by atoms with van der Waals surface area (Å²) in [6, 6.07) is 5.23. The summed E-state index contributed by atoms with van der Waals surface area (Å²) < 4.78 is 11.0. The lowest BCUT2D eigenvalue weighted by Gasteiger charge is -2.15. The highest BCUT2D eigenvalue weighted by molar-refractivity contribution is 6.42. The highest BCUT2D eigenvalue weighted by atomic mass is 35.5. The molecule has 1 saturated heterocycles. The molecule has 2 nitrogen and oxygen atoms in total. The molecule has 0 bridgehead atoms. The van der Waals surface area contributed by atoms with E-state index >= 15 is 0 Å². The maximum absolute atomic E-state index is 5.91. The van der Waals surface area contributed by atoms with Crippen LogP contribution in [0.1, 0.15) is 6.42 Å². The van der Waals surface area contributed by atoms with Gasteiger partial charge in [0.2, 0.25) is 0 Å². The summed E-state index contributed by atoms with van der Waals surface area (Å²) in [4.78, 5) is 0. The molecule has 86 valence electrons. The molecule has 2 rings (SSSR count). The van der Waals surface area contributed by atoms with Crippen LogP contribution in [0.25, 0.3) is 0 Å². The molecule has 1 aromatic rings. The third-order valence-electron chi connectivity index (χ3n) is 2.35. The van der Waals surface area contributed by atoms with Gasteiger partial charge in [-0.3, -0.25) is 0 Å². The monoisotopic (exact) mass is 258 g/mol. The second kappa shape index (κ2) is 5.09. The van der Waals surface area contributed by atoms with Gasteiger partial charge in [-0.25, -0.2) is 0 Å². The molecule has 0 radical (unpaired) electrons. The van der Waals surface area contributed by atoms with Crippen LogP contribution in [0.3, 0.4) is 0 Å². The minimum absolute atomic E-state index is 0.00902. The van der Waals surface area contributed by atoms with Gasteiger partial charge in [0.05, 0.1) is 16.7 Å². The van der Waals surface area contributed by atoms with Crippen molar-refractivity contribution < 1.29 is 9.47 Å². The number of epoxide rings is 1. The Morgan fingerprint density at radius 1 is 1.50 bits per heavy atom. The fourth-order valence-corrected chi connectivity index (χ4v) is 1.72. The second-order valence-corrected chi connectivity index (χ2v) is 4.44. The molecule has 2 unspecified atom stereocenters. The molecular formula is C12H12Cl2O2. The predicted octanol–water partition coefficient (Wildman–Crippen LogP) is 3.72. The summed E-state index contributed by atoms with van der Waals surface area (Å²) >= 11 is 11.7. The zero-order chi connectivity index (χ0) is 11.5. The van der Waals surface area contributed by atoms with Gasteiger partial charge in [0.1, 0.15) is 18.0 Å². The Hall–Kier alpha value is -0.700. The van der Waals surface area contributed by atoms with Crippen molar-refractivity contribution in [2.24, 2.45) is 0 Å². The molecule has 2 atom stereocenters. The van der Waals surface area contributed by atoms with Crippen molar-refractivity contribution in [1.82, 2.24) is 0 Å². The first kappa shape index (κ1) is 11.8. The summed E-state index contributed by atoms with van der Waals surface area (Å²) in [6.45, 7) is 4.45. The molecule has 0 saturated carbocycles. The first-order valence-electron chi connectivity index (χ1n) is 5.05. The Labute approximate surface area is 105 Å². The number of rotatable bonds is 5. The van der Waals surface area contributed by atoms with Gasteiger partial charge in [-0.1, -0.05) is 29.3 Å². The molecule has 0 aliphatic carbocycles. The first-order chi connectivity index (χ1) is 7.70. The van der Waals surface area contributed by atoms with Crippen LogP contribution in [0, 0.1) is 0 Å². The van der Waals surface area contributed by atoms with Gasteiger partial charge < -0.3 is 9.47 Å². The summed E-state index contributed by atoms with van der Waals surface area (Å²) in [5, 5.41) is 1.02. The van der Waals surface area contributed by atoms with E-state index < -0.39 is 0 Å². The van der Waals surface area contributed by atoms with Gasteiger partial charge in [0.15, 0.2) is 0 Å². The average Bonchev–Trinajstić information content (AvgIpc) is 3.06. The molecule has 1 aromatic carbocycles. The molecule has 0 N–H and O–H groups in total. The van der Waals surface area contributed by atoms with Crippen LogP contribution in [0.4, 0.5) is 0 Å². The number of hydrogen-bond acceptors (Lipinski definition) is 2. The highest BCUT2D eigenvalue weighted by Crippen LogP contribution is 2.29. The van der Waals surface area contributed by atoms with Gasteiger partial charge in [-0.2, -0.15) is 0 Å². The Kier molecular flexibility index (Phi) is 3.74. The first-order valence-corrected chi connectivity index (χ1v) is 5.80. The predicted molar refractivity (Wildman–Crippen MR) is 65.4 cm³/mol. The smallest absolute Gasteiger partial charge is 0.130 e. The van der Waals surface area contributed by atoms with Crippen molar-refractivity contribution >= 4 is 23.2 Å². The van der Waals surface area contributed by atoms with Gasteiger partial charge >= 0.3 is 0 Å². The van der Waals surface area contributed by atoms with Gasteiger partial charge in [-0.15, -0.1) is 6.58 Å². The van der Waals surface area contributed by atoms with E-state index in [1.807, 2.05) is 6.08 Å². The van der Waals surface area contributed by atoms with Crippen LogP contribution in [0.15, 0.2) is 30.9 Å². The third-order valence-corrected chi connectivity index (χ3v) is 3.09. The van der Waals surface area contributed by atoms with Crippen molar-refractivity contribution in [2.75, 3.05) is 6.61 Å². The van der Waals surface area contributed by atoms with Crippen LogP contribution in [-0.4, -0.2) is 18.8 Å². The largest absolute Gasteiger partial charge is 0.487 e. The van der Waals surface area contributed by atoms with Crippen LogP contribution in [-0.2, 0) is 4.74 Å². The van der Waals surface area contributed by atoms with Crippen molar-refractivity contribution in [2.45, 2.75) is 18.6 Å². The summed E-state index contributed by atoms with van der Waals surface area (Å²) in [5.74, 6) is 0.705. The average molecular weight is 259 g/mol. The number of ether oxygens (including phenoxy) is 2. The van der Waals surface area contributed by atoms with E-state index in [0.29, 0.717) is 15.8 Å². The zero-order valence-electron chi connectivity index (χ0n) is 8.66. The van der Waals surface area contributed by atoms with Gasteiger partial charge in [0.25, 0.3) is 0 Å². The summed E-state index contributed by atoms with van der Waals surface area (Å²) in [7, 11) is 0. The van der Waals surface area contributed by atoms with E-state index in [9.17, 15) is 0 Å². The number of benzene rings is 1. The lowest BCUT2D eigenvalue weighted by Crippen LogP contribution is -2.22. The molecule has 0 aromatic heterocycles. The Morgan fingerprint density at radius 2 is 2.25 bits per heavy atom. The molecule has 1 heterocycles. The van der Waals surface area contributed by atoms with E-state index in [1.165, 1.54) is 0 Å². The Bertz CT molecular complexity index is 389. The Morgan fingerprint density at radius 3 is 2.81 bits per heavy atom. The standard InChI is InChI=1S/C12H12Cl2O2/c1-2-3-11(12-7-15-12)16-8-4-5-9(13)10(14)6-8/h2,4-6,11-12H,1,3,7H2. The maximum Gasteiger partial charge on any atom is 0.130 e. The van der Waals surface area contributed by atoms with Crippen LogP contribution < -0.4 is 4.74 Å². The Balaban J connectivity index is 2.05. The van der Waals surface area contributed by atoms with Crippen LogP contribution in [0.2, 0.25) is 10.0 Å². The summed E-state index contributed by atoms with van der Waals surface area (Å²) in [5.41, 5.74) is 0. The van der Waals surface area contributed by atoms with E-state index in [4.69, 9.17) is 32.7 Å². The molecule has 1 aliphatic rings. The minimum Gasteiger partial charge on any atom is -0.487 e. The van der Waals surface area contributed by atoms with Crippen LogP contribution in [0.5, 0.6) is 5.75 Å². The quantitative estimate of drug-likeness (QED) is 0.593. The van der Waals surface area contributed by atoms with Gasteiger partial charge in [0, 0.05) is 12.5 Å². The molecule has 16 heavy (non-hydrogen) atoms. The minimum atomic E-state index is 0.00902. The highest BCUT2D eigenvalue weighted by Gasteiger charge is 2.33. The van der Waals surface area contributed by atoms with Crippen molar-refractivity contribution in [1.29, 1.82) is 0 Å². The zero-order valence-corrected chi connectivity index (χ0v) is 10.2. The third kappa shape index (κ3) is 2.91. The topological polar surface area (TPSA) is 21.8 Å². The van der Waals surface area contributed by atoms with E-state index in [1.54, 1.807) is 18.2 Å². The molecular weight excluding hydrogens is 247 g/mol. The van der Waals surface area contributed by atoms with E-state index in [-0.39, 0.29) is 12.2 Å². The molecule has 0 spiro atoms. The lowest BCUT2D eigenvalue weighted by atomic mass is 10.2. The van der Waals surface area contributed by atoms with Crippen molar-refractivity contribution in [3.8, 4) is 5.75 Å². The molecule has 1 aliphatic heterocycles. The maximum atomic E-state index is 5.91. The van der Waals surface area contributed by atoms with E-state index in [0.717, 1.165) is 13.0 Å². The van der Waals surface area contributed by atoms with E-state index in [2.05, 4.69) is 6.58 Å².